The zero-order valence-electron chi connectivity index (χ0n) is 14.0. The molecule has 0 radical (unpaired) electrons. The molecule has 1 fully saturated rings. The minimum absolute atomic E-state index is 0.225. The zero-order chi connectivity index (χ0) is 19.4. The standard InChI is InChI=1S/C15H16F4N6OS/c16-13(17)15(18,19)8-24-3-5-25(6-4-24)11-2-1-10(7-20-11)12(26)22-14-23-21-9-27-14/h1-2,7,9,13H,3-6,8H2,(H,22,23,26). The Labute approximate surface area is 156 Å². The molecule has 27 heavy (non-hydrogen) atoms. The Morgan fingerprint density at radius 1 is 1.26 bits per heavy atom. The third kappa shape index (κ3) is 4.89. The number of pyridine rings is 1. The van der Waals surface area contributed by atoms with Crippen LogP contribution in [0.5, 0.6) is 0 Å². The number of carbonyl (C=O) groups is 1. The number of hydrogen-bond acceptors (Lipinski definition) is 7. The van der Waals surface area contributed by atoms with E-state index < -0.39 is 18.9 Å². The van der Waals surface area contributed by atoms with Crippen molar-refractivity contribution >= 4 is 28.2 Å². The number of carbonyl (C=O) groups excluding carboxylic acids is 1. The molecule has 146 valence electrons. The highest BCUT2D eigenvalue weighted by Gasteiger charge is 2.42. The fraction of sp³-hybridized carbons (Fsp3) is 0.467. The molecule has 1 N–H and O–H groups in total. The summed E-state index contributed by atoms with van der Waals surface area (Å²) >= 11 is 1.19. The van der Waals surface area contributed by atoms with Crippen LogP contribution in [0, 0.1) is 0 Å². The molecule has 1 aliphatic rings. The molecule has 3 heterocycles. The van der Waals surface area contributed by atoms with Gasteiger partial charge in [-0.3, -0.25) is 15.0 Å². The molecule has 1 saturated heterocycles. The minimum Gasteiger partial charge on any atom is -0.354 e. The predicted molar refractivity (Wildman–Crippen MR) is 91.7 cm³/mol. The summed E-state index contributed by atoms with van der Waals surface area (Å²) in [7, 11) is 0. The number of piperazine rings is 1. The first-order valence-corrected chi connectivity index (χ1v) is 8.90. The largest absolute Gasteiger partial charge is 0.354 e. The van der Waals surface area contributed by atoms with Crippen molar-refractivity contribution in [3.8, 4) is 0 Å². The number of alkyl halides is 4. The van der Waals surface area contributed by atoms with E-state index in [4.69, 9.17) is 0 Å². The van der Waals surface area contributed by atoms with Crippen LogP contribution in [0.4, 0.5) is 28.5 Å². The molecule has 3 rings (SSSR count). The van der Waals surface area contributed by atoms with Crippen LogP contribution in [0.2, 0.25) is 0 Å². The van der Waals surface area contributed by atoms with Crippen LogP contribution in [0.3, 0.4) is 0 Å². The third-order valence-corrected chi connectivity index (χ3v) is 4.65. The maximum atomic E-state index is 13.1. The van der Waals surface area contributed by atoms with Crippen molar-refractivity contribution in [3.05, 3.63) is 29.4 Å². The lowest BCUT2D eigenvalue weighted by molar-refractivity contribution is -0.142. The molecular formula is C15H16F4N6OS. The highest BCUT2D eigenvalue weighted by Crippen LogP contribution is 2.25. The first-order chi connectivity index (χ1) is 12.8. The zero-order valence-corrected chi connectivity index (χ0v) is 14.8. The van der Waals surface area contributed by atoms with Crippen LogP contribution in [0.15, 0.2) is 23.8 Å². The lowest BCUT2D eigenvalue weighted by atomic mass is 10.2. The van der Waals surface area contributed by atoms with Crippen LogP contribution < -0.4 is 10.2 Å². The van der Waals surface area contributed by atoms with E-state index in [1.807, 2.05) is 4.90 Å². The molecule has 0 aliphatic carbocycles. The second-order valence-corrected chi connectivity index (χ2v) is 6.76. The van der Waals surface area contributed by atoms with Gasteiger partial charge >= 0.3 is 12.3 Å². The highest BCUT2D eigenvalue weighted by atomic mass is 32.1. The van der Waals surface area contributed by atoms with Crippen molar-refractivity contribution in [2.24, 2.45) is 0 Å². The van der Waals surface area contributed by atoms with Gasteiger partial charge in [0.25, 0.3) is 5.91 Å². The molecule has 7 nitrogen and oxygen atoms in total. The van der Waals surface area contributed by atoms with Gasteiger partial charge in [-0.2, -0.15) is 8.78 Å². The second kappa shape index (κ2) is 8.13. The van der Waals surface area contributed by atoms with Crippen LogP contribution in [-0.4, -0.2) is 71.1 Å². The average molecular weight is 404 g/mol. The Hall–Kier alpha value is -2.34. The van der Waals surface area contributed by atoms with Gasteiger partial charge in [-0.1, -0.05) is 11.3 Å². The fourth-order valence-electron chi connectivity index (χ4n) is 2.61. The maximum absolute atomic E-state index is 13.1. The number of halogens is 4. The molecular weight excluding hydrogens is 388 g/mol. The van der Waals surface area contributed by atoms with Crippen LogP contribution in [0.1, 0.15) is 10.4 Å². The van der Waals surface area contributed by atoms with E-state index in [1.165, 1.54) is 27.9 Å². The fourth-order valence-corrected chi connectivity index (χ4v) is 3.05. The van der Waals surface area contributed by atoms with Crippen molar-refractivity contribution in [3.63, 3.8) is 0 Å². The number of aromatic nitrogens is 3. The van der Waals surface area contributed by atoms with E-state index in [0.717, 1.165) is 0 Å². The van der Waals surface area contributed by atoms with E-state index in [2.05, 4.69) is 20.5 Å². The molecule has 0 saturated carbocycles. The summed E-state index contributed by atoms with van der Waals surface area (Å²) < 4.78 is 50.9. The molecule has 0 aromatic carbocycles. The number of anilines is 2. The summed E-state index contributed by atoms with van der Waals surface area (Å²) in [6.45, 7) is 0.245. The van der Waals surface area contributed by atoms with Crippen LogP contribution in [0.25, 0.3) is 0 Å². The topological polar surface area (TPSA) is 74.2 Å². The van der Waals surface area contributed by atoms with Gasteiger partial charge < -0.3 is 4.90 Å². The third-order valence-electron chi connectivity index (χ3n) is 4.04. The molecule has 0 atom stereocenters. The van der Waals surface area contributed by atoms with Gasteiger partial charge in [0.2, 0.25) is 5.13 Å². The highest BCUT2D eigenvalue weighted by molar-refractivity contribution is 7.13. The Morgan fingerprint density at radius 3 is 2.56 bits per heavy atom. The van der Waals surface area contributed by atoms with Crippen molar-refractivity contribution < 1.29 is 22.4 Å². The van der Waals surface area contributed by atoms with Crippen LogP contribution in [-0.2, 0) is 0 Å². The quantitative estimate of drug-likeness (QED) is 0.745. The summed E-state index contributed by atoms with van der Waals surface area (Å²) in [5.74, 6) is -3.80. The molecule has 12 heteroatoms. The number of hydrogen-bond donors (Lipinski definition) is 1. The van der Waals surface area contributed by atoms with Gasteiger partial charge in [0.05, 0.1) is 12.1 Å². The number of amides is 1. The number of nitrogens with zero attached hydrogens (tertiary/aromatic N) is 5. The first kappa shape index (κ1) is 19.4. The second-order valence-electron chi connectivity index (χ2n) is 5.93. The lowest BCUT2D eigenvalue weighted by Crippen LogP contribution is -2.51. The monoisotopic (exact) mass is 404 g/mol. The SMILES string of the molecule is O=C(Nc1nncs1)c1ccc(N2CCN(CC(F)(F)C(F)F)CC2)nc1. The van der Waals surface area contributed by atoms with Crippen molar-refractivity contribution in [1.82, 2.24) is 20.1 Å². The van der Waals surface area contributed by atoms with Crippen LogP contribution >= 0.6 is 11.3 Å². The molecule has 2 aromatic rings. The number of rotatable bonds is 6. The van der Waals surface area contributed by atoms with Gasteiger partial charge in [-0.15, -0.1) is 10.2 Å². The Bertz CT molecular complexity index is 750. The van der Waals surface area contributed by atoms with E-state index in [1.54, 1.807) is 12.1 Å². The molecule has 0 unspecified atom stereocenters. The molecule has 1 aliphatic heterocycles. The van der Waals surface area contributed by atoms with Crippen molar-refractivity contribution in [2.75, 3.05) is 42.9 Å². The maximum Gasteiger partial charge on any atom is 0.319 e. The lowest BCUT2D eigenvalue weighted by Gasteiger charge is -2.36. The Balaban J connectivity index is 1.53. The summed E-state index contributed by atoms with van der Waals surface area (Å²) in [6.07, 6.45) is -2.26. The van der Waals surface area contributed by atoms with E-state index in [-0.39, 0.29) is 19.0 Å². The average Bonchev–Trinajstić information content (AvgIpc) is 3.15. The Kier molecular flexibility index (Phi) is 5.85. The van der Waals surface area contributed by atoms with E-state index in [0.29, 0.717) is 29.6 Å². The molecule has 0 spiro atoms. The molecule has 1 amide bonds. The van der Waals surface area contributed by atoms with Gasteiger partial charge in [0, 0.05) is 32.4 Å². The summed E-state index contributed by atoms with van der Waals surface area (Å²) in [5.41, 5.74) is 1.83. The Morgan fingerprint density at radius 2 is 2.00 bits per heavy atom. The molecule has 2 aromatic heterocycles. The van der Waals surface area contributed by atoms with Gasteiger partial charge in [0.1, 0.15) is 11.3 Å². The van der Waals surface area contributed by atoms with E-state index >= 15 is 0 Å². The van der Waals surface area contributed by atoms with Crippen molar-refractivity contribution in [2.45, 2.75) is 12.3 Å². The minimum atomic E-state index is -4.01. The van der Waals surface area contributed by atoms with Gasteiger partial charge in [0.15, 0.2) is 0 Å². The summed E-state index contributed by atoms with van der Waals surface area (Å²) in [5, 5.41) is 10.3. The molecule has 0 bridgehead atoms. The van der Waals surface area contributed by atoms with Crippen molar-refractivity contribution in [1.29, 1.82) is 0 Å². The normalized spacial score (nSPS) is 16.0. The van der Waals surface area contributed by atoms with E-state index in [9.17, 15) is 22.4 Å². The summed E-state index contributed by atoms with van der Waals surface area (Å²) in [4.78, 5) is 19.5. The predicted octanol–water partition coefficient (Wildman–Crippen LogP) is 2.21. The number of nitrogens with one attached hydrogen (secondary N) is 1. The smallest absolute Gasteiger partial charge is 0.319 e. The first-order valence-electron chi connectivity index (χ1n) is 8.02. The van der Waals surface area contributed by atoms with Gasteiger partial charge in [-0.25, -0.2) is 13.8 Å². The summed E-state index contributed by atoms with van der Waals surface area (Å²) in [6, 6.07) is 3.24. The van der Waals surface area contributed by atoms with Gasteiger partial charge in [-0.05, 0) is 12.1 Å².